The zero-order valence-electron chi connectivity index (χ0n) is 16.8. The minimum atomic E-state index is -4.06. The number of rotatable bonds is 4. The molecule has 0 saturated heterocycles. The van der Waals surface area contributed by atoms with Gasteiger partial charge >= 0.3 is 5.97 Å². The predicted octanol–water partition coefficient (Wildman–Crippen LogP) is 2.44. The second-order valence-corrected chi connectivity index (χ2v) is 9.67. The van der Waals surface area contributed by atoms with Crippen LogP contribution in [-0.2, 0) is 24.3 Å². The molecular weight excluding hydrogens is 458 g/mol. The number of primary sulfonamides is 1. The molecule has 32 heavy (non-hydrogen) atoms. The number of hydrogen-bond donors (Lipinski definition) is 2. The van der Waals surface area contributed by atoms with Gasteiger partial charge in [-0.15, -0.1) is 0 Å². The molecule has 1 spiro atoms. The van der Waals surface area contributed by atoms with Gasteiger partial charge in [-0.25, -0.2) is 18.4 Å². The number of fused-ring (bicyclic) bond motifs is 1. The summed E-state index contributed by atoms with van der Waals surface area (Å²) in [7, 11) is -4.06. The summed E-state index contributed by atoms with van der Waals surface area (Å²) >= 11 is 6.00. The number of para-hydroxylation sites is 2. The van der Waals surface area contributed by atoms with E-state index in [1.807, 2.05) is 0 Å². The molecule has 1 aliphatic heterocycles. The Morgan fingerprint density at radius 1 is 1.16 bits per heavy atom. The smallest absolute Gasteiger partial charge is 0.340 e. The van der Waals surface area contributed by atoms with E-state index in [1.54, 1.807) is 24.3 Å². The number of ether oxygens (including phenoxy) is 1. The third-order valence-corrected chi connectivity index (χ3v) is 6.98. The molecule has 11 heteroatoms. The van der Waals surface area contributed by atoms with Crippen molar-refractivity contribution in [1.29, 1.82) is 0 Å². The number of benzene rings is 2. The number of carbonyl (C=O) groups is 3. The van der Waals surface area contributed by atoms with Gasteiger partial charge in [-0.1, -0.05) is 36.6 Å². The molecule has 168 valence electrons. The number of amides is 2. The van der Waals surface area contributed by atoms with E-state index >= 15 is 0 Å². The van der Waals surface area contributed by atoms with Gasteiger partial charge in [-0.3, -0.25) is 14.5 Å². The molecule has 1 saturated carbocycles. The van der Waals surface area contributed by atoms with E-state index in [0.29, 0.717) is 24.2 Å². The third-order valence-electron chi connectivity index (χ3n) is 5.74. The van der Waals surface area contributed by atoms with E-state index in [-0.39, 0.29) is 21.4 Å². The largest absolute Gasteiger partial charge is 0.452 e. The number of sulfonamides is 1. The molecule has 1 heterocycles. The molecule has 0 bridgehead atoms. The van der Waals surface area contributed by atoms with Crippen LogP contribution in [0.4, 0.5) is 11.4 Å². The van der Waals surface area contributed by atoms with Crippen LogP contribution < -0.4 is 15.4 Å². The Morgan fingerprint density at radius 3 is 2.53 bits per heavy atom. The quantitative estimate of drug-likeness (QED) is 0.649. The Hall–Kier alpha value is -2.95. The van der Waals surface area contributed by atoms with Gasteiger partial charge in [-0.05, 0) is 43.2 Å². The maximum atomic E-state index is 13.2. The lowest BCUT2D eigenvalue weighted by molar-refractivity contribution is -0.129. The van der Waals surface area contributed by atoms with E-state index in [0.717, 1.165) is 25.0 Å². The van der Waals surface area contributed by atoms with Crippen LogP contribution >= 0.6 is 11.6 Å². The fourth-order valence-electron chi connectivity index (χ4n) is 4.24. The molecule has 1 fully saturated rings. The molecule has 2 aliphatic rings. The van der Waals surface area contributed by atoms with Crippen LogP contribution in [-0.4, -0.2) is 38.3 Å². The van der Waals surface area contributed by atoms with E-state index in [9.17, 15) is 22.8 Å². The highest BCUT2D eigenvalue weighted by Crippen LogP contribution is 2.45. The number of carbonyl (C=O) groups excluding carboxylic acids is 3. The topological polar surface area (TPSA) is 136 Å². The van der Waals surface area contributed by atoms with Crippen molar-refractivity contribution in [2.24, 2.45) is 5.14 Å². The molecule has 2 aromatic carbocycles. The van der Waals surface area contributed by atoms with Crippen molar-refractivity contribution in [3.05, 3.63) is 53.1 Å². The molecule has 0 unspecified atom stereocenters. The SMILES string of the molecule is NS(=O)(=O)c1ccc(Cl)c(C(=O)OCC(=O)N2c3ccccc3NC(=O)C23CCCC3)c1. The minimum Gasteiger partial charge on any atom is -0.452 e. The second kappa shape index (κ2) is 8.19. The number of halogens is 1. The molecule has 4 rings (SSSR count). The van der Waals surface area contributed by atoms with Crippen molar-refractivity contribution in [3.63, 3.8) is 0 Å². The number of esters is 1. The molecule has 0 aromatic heterocycles. The van der Waals surface area contributed by atoms with Gasteiger partial charge in [0.1, 0.15) is 5.54 Å². The summed E-state index contributed by atoms with van der Waals surface area (Å²) in [5, 5.41) is 7.92. The minimum absolute atomic E-state index is 0.0511. The van der Waals surface area contributed by atoms with Crippen molar-refractivity contribution in [3.8, 4) is 0 Å². The van der Waals surface area contributed by atoms with Crippen LogP contribution in [0.1, 0.15) is 36.0 Å². The molecule has 9 nitrogen and oxygen atoms in total. The number of nitrogens with two attached hydrogens (primary N) is 1. The summed E-state index contributed by atoms with van der Waals surface area (Å²) in [4.78, 5) is 39.8. The van der Waals surface area contributed by atoms with E-state index in [1.165, 1.54) is 11.0 Å². The Morgan fingerprint density at radius 2 is 1.84 bits per heavy atom. The van der Waals surface area contributed by atoms with Crippen molar-refractivity contribution >= 4 is 50.8 Å². The van der Waals surface area contributed by atoms with Crippen LogP contribution in [0, 0.1) is 0 Å². The third kappa shape index (κ3) is 3.85. The summed E-state index contributed by atoms with van der Waals surface area (Å²) in [6.07, 6.45) is 2.56. The van der Waals surface area contributed by atoms with Crippen molar-refractivity contribution in [2.75, 3.05) is 16.8 Å². The van der Waals surface area contributed by atoms with Crippen LogP contribution in [0.3, 0.4) is 0 Å². The van der Waals surface area contributed by atoms with Gasteiger partial charge in [0.05, 0.1) is 26.9 Å². The fourth-order valence-corrected chi connectivity index (χ4v) is 4.97. The number of nitrogens with one attached hydrogen (secondary N) is 1. The molecule has 3 N–H and O–H groups in total. The highest BCUT2D eigenvalue weighted by atomic mass is 35.5. The van der Waals surface area contributed by atoms with E-state index in [4.69, 9.17) is 21.5 Å². The van der Waals surface area contributed by atoms with Crippen molar-refractivity contribution < 1.29 is 27.5 Å². The van der Waals surface area contributed by atoms with Gasteiger partial charge in [0.2, 0.25) is 10.0 Å². The molecule has 1 aliphatic carbocycles. The summed E-state index contributed by atoms with van der Waals surface area (Å²) in [6.45, 7) is -0.655. The summed E-state index contributed by atoms with van der Waals surface area (Å²) in [5.74, 6) is -1.82. The van der Waals surface area contributed by atoms with Crippen LogP contribution in [0.15, 0.2) is 47.4 Å². The van der Waals surface area contributed by atoms with Crippen LogP contribution in [0.2, 0.25) is 5.02 Å². The monoisotopic (exact) mass is 477 g/mol. The molecular formula is C21H20ClN3O6S. The van der Waals surface area contributed by atoms with Gasteiger partial charge in [0.15, 0.2) is 6.61 Å². The molecule has 0 atom stereocenters. The predicted molar refractivity (Wildman–Crippen MR) is 117 cm³/mol. The van der Waals surface area contributed by atoms with Crippen LogP contribution in [0.5, 0.6) is 0 Å². The number of anilines is 2. The van der Waals surface area contributed by atoms with Gasteiger partial charge < -0.3 is 10.1 Å². The highest BCUT2D eigenvalue weighted by molar-refractivity contribution is 7.89. The average molecular weight is 478 g/mol. The lowest BCUT2D eigenvalue weighted by atomic mass is 9.90. The molecule has 2 amide bonds. The Kier molecular flexibility index (Phi) is 5.70. The van der Waals surface area contributed by atoms with E-state index < -0.39 is 34.0 Å². The number of nitrogens with zero attached hydrogens (tertiary/aromatic N) is 1. The normalized spacial score (nSPS) is 17.1. The maximum Gasteiger partial charge on any atom is 0.340 e. The molecule has 2 aromatic rings. The summed E-state index contributed by atoms with van der Waals surface area (Å²) < 4.78 is 28.3. The number of hydrogen-bond acceptors (Lipinski definition) is 6. The Labute approximate surface area is 189 Å². The summed E-state index contributed by atoms with van der Waals surface area (Å²) in [5.41, 5.74) is -0.246. The Bertz CT molecular complexity index is 1220. The fraction of sp³-hybridized carbons (Fsp3) is 0.286. The average Bonchev–Trinajstić information content (AvgIpc) is 3.22. The maximum absolute atomic E-state index is 13.2. The zero-order chi connectivity index (χ0) is 23.1. The summed E-state index contributed by atoms with van der Waals surface area (Å²) in [6, 6.07) is 10.3. The first-order valence-corrected chi connectivity index (χ1v) is 11.8. The first kappa shape index (κ1) is 22.3. The first-order chi connectivity index (χ1) is 15.1. The highest BCUT2D eigenvalue weighted by Gasteiger charge is 2.52. The second-order valence-electron chi connectivity index (χ2n) is 7.70. The molecule has 0 radical (unpaired) electrons. The van der Waals surface area contributed by atoms with Crippen molar-refractivity contribution in [2.45, 2.75) is 36.1 Å². The van der Waals surface area contributed by atoms with Gasteiger partial charge in [-0.2, -0.15) is 0 Å². The lowest BCUT2D eigenvalue weighted by Gasteiger charge is -2.44. The van der Waals surface area contributed by atoms with Crippen molar-refractivity contribution in [1.82, 2.24) is 0 Å². The standard InChI is InChI=1S/C21H20ClN3O6S/c22-15-8-7-13(32(23,29)30)11-14(15)19(27)31-12-18(26)25-17-6-2-1-5-16(17)24-20(28)21(25)9-3-4-10-21/h1-2,5-8,11H,3-4,9-10,12H2,(H,24,28)(H2,23,29,30). The first-order valence-electron chi connectivity index (χ1n) is 9.86. The Balaban J connectivity index is 1.60. The van der Waals surface area contributed by atoms with E-state index in [2.05, 4.69) is 5.32 Å². The zero-order valence-corrected chi connectivity index (χ0v) is 18.4. The van der Waals surface area contributed by atoms with Crippen LogP contribution in [0.25, 0.3) is 0 Å². The lowest BCUT2D eigenvalue weighted by Crippen LogP contribution is -2.61. The van der Waals surface area contributed by atoms with Gasteiger partial charge in [0, 0.05) is 0 Å². The van der Waals surface area contributed by atoms with Gasteiger partial charge in [0.25, 0.3) is 11.8 Å².